The Morgan fingerprint density at radius 1 is 1.03 bits per heavy atom. The smallest absolute Gasteiger partial charge is 0.347 e. The summed E-state index contributed by atoms with van der Waals surface area (Å²) in [5, 5.41) is 18.9. The molecule has 2 aromatic carbocycles. The van der Waals surface area contributed by atoms with Gasteiger partial charge in [-0.25, -0.2) is 4.79 Å². The van der Waals surface area contributed by atoms with Crippen LogP contribution in [0.15, 0.2) is 36.4 Å². The highest BCUT2D eigenvalue weighted by molar-refractivity contribution is 5.77. The van der Waals surface area contributed by atoms with Gasteiger partial charge in [-0.3, -0.25) is 4.90 Å². The second kappa shape index (κ2) is 11.7. The minimum absolute atomic E-state index is 0.619. The SMILES string of the molecule is COCCCN(Cc1cc(C)c(OC(C)(C)C(=O)O)c(C)c1)Cc1nn(-c2ccc(C)cc2)nc1C. The van der Waals surface area contributed by atoms with Crippen LogP contribution in [0.2, 0.25) is 0 Å². The third-order valence-electron chi connectivity index (χ3n) is 6.14. The fourth-order valence-electron chi connectivity index (χ4n) is 4.06. The quantitative estimate of drug-likeness (QED) is 0.362. The Balaban J connectivity index is 1.81. The molecule has 3 rings (SSSR count). The molecule has 0 aliphatic rings. The van der Waals surface area contributed by atoms with Crippen molar-refractivity contribution < 1.29 is 19.4 Å². The molecule has 194 valence electrons. The fourth-order valence-corrected chi connectivity index (χ4v) is 4.06. The zero-order chi connectivity index (χ0) is 26.5. The Hall–Kier alpha value is -3.23. The van der Waals surface area contributed by atoms with Gasteiger partial charge in [0.05, 0.1) is 11.4 Å². The Kier molecular flexibility index (Phi) is 8.87. The molecule has 0 saturated carbocycles. The minimum atomic E-state index is -1.30. The molecule has 0 unspecified atom stereocenters. The summed E-state index contributed by atoms with van der Waals surface area (Å²) in [5.74, 6) is -0.377. The first-order valence-electron chi connectivity index (χ1n) is 12.2. The van der Waals surface area contributed by atoms with Crippen molar-refractivity contribution in [1.29, 1.82) is 0 Å². The largest absolute Gasteiger partial charge is 0.478 e. The van der Waals surface area contributed by atoms with Gasteiger partial charge in [-0.15, -0.1) is 0 Å². The molecular formula is C28H38N4O4. The average Bonchev–Trinajstić information content (AvgIpc) is 3.17. The van der Waals surface area contributed by atoms with Gasteiger partial charge in [-0.2, -0.15) is 15.0 Å². The molecule has 0 spiro atoms. The number of carboxylic acids is 1. The van der Waals surface area contributed by atoms with Crippen LogP contribution in [-0.2, 0) is 22.6 Å². The van der Waals surface area contributed by atoms with E-state index in [1.165, 1.54) is 5.56 Å². The van der Waals surface area contributed by atoms with Crippen LogP contribution < -0.4 is 4.74 Å². The van der Waals surface area contributed by atoms with Gasteiger partial charge in [0.2, 0.25) is 0 Å². The number of benzene rings is 2. The molecule has 36 heavy (non-hydrogen) atoms. The molecule has 1 aromatic heterocycles. The van der Waals surface area contributed by atoms with Crippen molar-refractivity contribution in [2.45, 2.75) is 66.7 Å². The second-order valence-electron chi connectivity index (χ2n) is 9.89. The third kappa shape index (κ3) is 6.92. The van der Waals surface area contributed by atoms with E-state index < -0.39 is 11.6 Å². The van der Waals surface area contributed by atoms with Crippen LogP contribution in [0.25, 0.3) is 5.69 Å². The van der Waals surface area contributed by atoms with Crippen molar-refractivity contribution in [2.75, 3.05) is 20.3 Å². The lowest BCUT2D eigenvalue weighted by molar-refractivity contribution is -0.152. The van der Waals surface area contributed by atoms with E-state index >= 15 is 0 Å². The molecule has 0 saturated heterocycles. The van der Waals surface area contributed by atoms with E-state index in [9.17, 15) is 9.90 Å². The summed E-state index contributed by atoms with van der Waals surface area (Å²) < 4.78 is 11.2. The van der Waals surface area contributed by atoms with Crippen LogP contribution in [-0.4, -0.2) is 56.8 Å². The number of aromatic nitrogens is 3. The van der Waals surface area contributed by atoms with E-state index in [-0.39, 0.29) is 0 Å². The molecule has 1 heterocycles. The number of methoxy groups -OCH3 is 1. The van der Waals surface area contributed by atoms with Crippen molar-refractivity contribution in [2.24, 2.45) is 0 Å². The topological polar surface area (TPSA) is 89.7 Å². The van der Waals surface area contributed by atoms with Gasteiger partial charge in [0.1, 0.15) is 11.4 Å². The zero-order valence-corrected chi connectivity index (χ0v) is 22.5. The molecule has 1 N–H and O–H groups in total. The van der Waals surface area contributed by atoms with Gasteiger partial charge in [0, 0.05) is 33.4 Å². The highest BCUT2D eigenvalue weighted by Gasteiger charge is 2.30. The Bertz CT molecular complexity index is 1160. The Labute approximate surface area is 213 Å². The summed E-state index contributed by atoms with van der Waals surface area (Å²) in [6.07, 6.45) is 0.896. The molecule has 0 bridgehead atoms. The lowest BCUT2D eigenvalue weighted by atomic mass is 10.0. The highest BCUT2D eigenvalue weighted by atomic mass is 16.5. The first-order chi connectivity index (χ1) is 17.0. The fraction of sp³-hybridized carbons (Fsp3) is 0.464. The van der Waals surface area contributed by atoms with Gasteiger partial charge >= 0.3 is 5.97 Å². The third-order valence-corrected chi connectivity index (χ3v) is 6.14. The second-order valence-corrected chi connectivity index (χ2v) is 9.89. The van der Waals surface area contributed by atoms with E-state index in [4.69, 9.17) is 14.6 Å². The monoisotopic (exact) mass is 494 g/mol. The molecule has 0 amide bonds. The van der Waals surface area contributed by atoms with Crippen molar-refractivity contribution in [1.82, 2.24) is 19.9 Å². The number of aryl methyl sites for hydroxylation is 4. The predicted octanol–water partition coefficient (Wildman–Crippen LogP) is 4.78. The summed E-state index contributed by atoms with van der Waals surface area (Å²) in [6.45, 7) is 14.0. The maximum absolute atomic E-state index is 11.5. The van der Waals surface area contributed by atoms with Crippen molar-refractivity contribution in [3.05, 3.63) is 70.0 Å². The summed E-state index contributed by atoms with van der Waals surface area (Å²) in [4.78, 5) is 15.6. The van der Waals surface area contributed by atoms with Crippen LogP contribution in [0.5, 0.6) is 5.75 Å². The predicted molar refractivity (Wildman–Crippen MR) is 140 cm³/mol. The van der Waals surface area contributed by atoms with Crippen LogP contribution in [0.1, 0.15) is 53.9 Å². The Morgan fingerprint density at radius 3 is 2.25 bits per heavy atom. The molecular weight excluding hydrogens is 456 g/mol. The van der Waals surface area contributed by atoms with E-state index in [1.54, 1.807) is 25.8 Å². The van der Waals surface area contributed by atoms with Gasteiger partial charge < -0.3 is 14.6 Å². The average molecular weight is 495 g/mol. The molecule has 0 atom stereocenters. The van der Waals surface area contributed by atoms with Crippen LogP contribution in [0, 0.1) is 27.7 Å². The number of rotatable bonds is 12. The van der Waals surface area contributed by atoms with E-state index in [1.807, 2.05) is 32.9 Å². The lowest BCUT2D eigenvalue weighted by Gasteiger charge is -2.26. The van der Waals surface area contributed by atoms with Gasteiger partial charge in [0.15, 0.2) is 5.60 Å². The number of hydrogen-bond acceptors (Lipinski definition) is 6. The summed E-state index contributed by atoms with van der Waals surface area (Å²) in [6, 6.07) is 12.3. The molecule has 0 fully saturated rings. The number of carbonyl (C=O) groups is 1. The van der Waals surface area contributed by atoms with Gasteiger partial charge in [0.25, 0.3) is 0 Å². The Morgan fingerprint density at radius 2 is 1.67 bits per heavy atom. The molecule has 8 heteroatoms. The summed E-state index contributed by atoms with van der Waals surface area (Å²) >= 11 is 0. The van der Waals surface area contributed by atoms with Gasteiger partial charge in [-0.1, -0.05) is 29.8 Å². The summed E-state index contributed by atoms with van der Waals surface area (Å²) in [7, 11) is 1.71. The normalized spacial score (nSPS) is 11.8. The number of carboxylic acid groups (broad SMARTS) is 1. The minimum Gasteiger partial charge on any atom is -0.478 e. The van der Waals surface area contributed by atoms with E-state index in [0.29, 0.717) is 25.4 Å². The molecule has 0 aliphatic carbocycles. The maximum atomic E-state index is 11.5. The summed E-state index contributed by atoms with van der Waals surface area (Å²) in [5.41, 5.74) is 5.63. The molecule has 8 nitrogen and oxygen atoms in total. The van der Waals surface area contributed by atoms with Crippen LogP contribution in [0.3, 0.4) is 0 Å². The number of aliphatic carboxylic acids is 1. The van der Waals surface area contributed by atoms with Crippen molar-refractivity contribution in [3.63, 3.8) is 0 Å². The maximum Gasteiger partial charge on any atom is 0.347 e. The number of hydrogen-bond donors (Lipinski definition) is 1. The van der Waals surface area contributed by atoms with Gasteiger partial charge in [-0.05, 0) is 76.8 Å². The first kappa shape index (κ1) is 27.4. The highest BCUT2D eigenvalue weighted by Crippen LogP contribution is 2.29. The number of ether oxygens (including phenoxy) is 2. The molecule has 0 aliphatic heterocycles. The number of nitrogens with zero attached hydrogens (tertiary/aromatic N) is 4. The molecule has 3 aromatic rings. The van der Waals surface area contributed by atoms with Crippen molar-refractivity contribution >= 4 is 5.97 Å². The standard InChI is InChI=1S/C28H38N4O4/c1-19-9-11-24(12-10-19)32-29-22(4)25(30-32)18-31(13-8-14-35-7)17-23-15-20(2)26(21(3)16-23)36-28(5,6)27(33)34/h9-12,15-16H,8,13-14,17-18H2,1-7H3,(H,33,34). The van der Waals surface area contributed by atoms with Crippen LogP contribution in [0.4, 0.5) is 0 Å². The zero-order valence-electron chi connectivity index (χ0n) is 22.5. The van der Waals surface area contributed by atoms with E-state index in [2.05, 4.69) is 41.2 Å². The van der Waals surface area contributed by atoms with Crippen LogP contribution >= 0.6 is 0 Å². The van der Waals surface area contributed by atoms with E-state index in [0.717, 1.165) is 46.7 Å². The lowest BCUT2D eigenvalue weighted by Crippen LogP contribution is -2.38. The van der Waals surface area contributed by atoms with Crippen molar-refractivity contribution in [3.8, 4) is 11.4 Å². The molecule has 0 radical (unpaired) electrons. The first-order valence-corrected chi connectivity index (χ1v) is 12.2.